The van der Waals surface area contributed by atoms with Gasteiger partial charge in [-0.05, 0) is 30.3 Å². The third-order valence-corrected chi connectivity index (χ3v) is 3.09. The van der Waals surface area contributed by atoms with Crippen molar-refractivity contribution in [2.45, 2.75) is 5.92 Å². The molecule has 0 bridgehead atoms. The molecule has 5 heteroatoms. The van der Waals surface area contributed by atoms with Crippen molar-refractivity contribution in [2.24, 2.45) is 0 Å². The van der Waals surface area contributed by atoms with Crippen molar-refractivity contribution in [1.29, 1.82) is 0 Å². The highest BCUT2D eigenvalue weighted by Gasteiger charge is 2.23. The molecule has 20 heavy (non-hydrogen) atoms. The lowest BCUT2D eigenvalue weighted by Crippen LogP contribution is -2.19. The van der Waals surface area contributed by atoms with E-state index in [4.69, 9.17) is 16.3 Å². The van der Waals surface area contributed by atoms with Crippen LogP contribution in [0.5, 0.6) is 11.5 Å². The third-order valence-electron chi connectivity index (χ3n) is 2.84. The zero-order valence-electron chi connectivity index (χ0n) is 10.5. The van der Waals surface area contributed by atoms with Gasteiger partial charge in [0, 0.05) is 10.6 Å². The minimum Gasteiger partial charge on any atom is -0.508 e. The molecule has 1 unspecified atom stereocenters. The second kappa shape index (κ2) is 6.30. The maximum absolute atomic E-state index is 11.3. The molecule has 104 valence electrons. The Bertz CT molecular complexity index is 595. The highest BCUT2D eigenvalue weighted by molar-refractivity contribution is 6.30. The Kier molecular flexibility index (Phi) is 4.48. The number of ether oxygens (including phenoxy) is 1. The zero-order chi connectivity index (χ0) is 14.5. The molecular formula is C15H13ClO4. The Balaban J connectivity index is 2.13. The molecule has 0 aliphatic heterocycles. The van der Waals surface area contributed by atoms with Crippen LogP contribution in [0, 0.1) is 0 Å². The van der Waals surface area contributed by atoms with Crippen molar-refractivity contribution in [3.05, 3.63) is 59.1 Å². The Morgan fingerprint density at radius 2 is 1.80 bits per heavy atom. The second-order valence-electron chi connectivity index (χ2n) is 4.21. The summed E-state index contributed by atoms with van der Waals surface area (Å²) in [7, 11) is 0. The van der Waals surface area contributed by atoms with Gasteiger partial charge >= 0.3 is 5.97 Å². The van der Waals surface area contributed by atoms with Crippen LogP contribution >= 0.6 is 11.6 Å². The molecule has 2 aromatic carbocycles. The van der Waals surface area contributed by atoms with Crippen LogP contribution in [0.2, 0.25) is 5.02 Å². The minimum atomic E-state index is -1.06. The van der Waals surface area contributed by atoms with Gasteiger partial charge in [0.1, 0.15) is 24.0 Å². The molecule has 0 fully saturated rings. The number of carboxylic acid groups (broad SMARTS) is 1. The first-order valence-electron chi connectivity index (χ1n) is 5.97. The number of phenols is 1. The predicted octanol–water partition coefficient (Wildman–Crippen LogP) is 3.29. The fourth-order valence-corrected chi connectivity index (χ4v) is 1.91. The smallest absolute Gasteiger partial charge is 0.314 e. The fourth-order valence-electron chi connectivity index (χ4n) is 1.79. The van der Waals surface area contributed by atoms with Gasteiger partial charge in [-0.1, -0.05) is 29.8 Å². The molecule has 0 aromatic heterocycles. The molecule has 2 N–H and O–H groups in total. The van der Waals surface area contributed by atoms with Crippen molar-refractivity contribution in [3.8, 4) is 11.5 Å². The maximum Gasteiger partial charge on any atom is 0.314 e. The van der Waals surface area contributed by atoms with Gasteiger partial charge in [-0.15, -0.1) is 0 Å². The van der Waals surface area contributed by atoms with Gasteiger partial charge in [0.15, 0.2) is 0 Å². The van der Waals surface area contributed by atoms with Crippen molar-refractivity contribution < 1.29 is 19.7 Å². The van der Waals surface area contributed by atoms with Crippen LogP contribution in [0.4, 0.5) is 0 Å². The Labute approximate surface area is 121 Å². The van der Waals surface area contributed by atoms with E-state index in [2.05, 4.69) is 0 Å². The van der Waals surface area contributed by atoms with E-state index in [1.807, 2.05) is 0 Å². The van der Waals surface area contributed by atoms with Gasteiger partial charge < -0.3 is 14.9 Å². The van der Waals surface area contributed by atoms with E-state index in [0.717, 1.165) is 0 Å². The van der Waals surface area contributed by atoms with Gasteiger partial charge in [0.2, 0.25) is 0 Å². The number of hydrogen-bond acceptors (Lipinski definition) is 3. The van der Waals surface area contributed by atoms with E-state index < -0.39 is 11.9 Å². The quantitative estimate of drug-likeness (QED) is 0.887. The molecule has 0 radical (unpaired) electrons. The van der Waals surface area contributed by atoms with Crippen LogP contribution in [0.3, 0.4) is 0 Å². The molecule has 0 saturated heterocycles. The summed E-state index contributed by atoms with van der Waals surface area (Å²) < 4.78 is 5.44. The number of halogens is 1. The van der Waals surface area contributed by atoms with E-state index in [1.165, 1.54) is 6.07 Å². The summed E-state index contributed by atoms with van der Waals surface area (Å²) in [5.74, 6) is -1.52. The molecule has 0 aliphatic carbocycles. The Morgan fingerprint density at radius 1 is 1.15 bits per heavy atom. The first-order valence-corrected chi connectivity index (χ1v) is 6.35. The number of carbonyl (C=O) groups is 1. The van der Waals surface area contributed by atoms with Gasteiger partial charge in [-0.2, -0.15) is 0 Å². The average molecular weight is 293 g/mol. The first kappa shape index (κ1) is 14.2. The fraction of sp³-hybridized carbons (Fsp3) is 0.133. The van der Waals surface area contributed by atoms with Crippen molar-refractivity contribution in [1.82, 2.24) is 0 Å². The van der Waals surface area contributed by atoms with Gasteiger partial charge in [-0.25, -0.2) is 0 Å². The summed E-state index contributed by atoms with van der Waals surface area (Å²) in [6.07, 6.45) is 0. The number of phenolic OH excluding ortho intramolecular Hbond substituents is 1. The summed E-state index contributed by atoms with van der Waals surface area (Å²) in [4.78, 5) is 11.3. The molecule has 4 nitrogen and oxygen atoms in total. The van der Waals surface area contributed by atoms with Crippen LogP contribution in [0.25, 0.3) is 0 Å². The standard InChI is InChI=1S/C15H13ClO4/c16-10-5-7-11(8-6-10)20-9-13(15(18)19)12-3-1-2-4-14(12)17/h1-8,13,17H,9H2,(H,18,19). The van der Waals surface area contributed by atoms with E-state index in [0.29, 0.717) is 16.3 Å². The zero-order valence-corrected chi connectivity index (χ0v) is 11.2. The third kappa shape index (κ3) is 3.42. The highest BCUT2D eigenvalue weighted by Crippen LogP contribution is 2.27. The predicted molar refractivity (Wildman–Crippen MR) is 75.4 cm³/mol. The lowest BCUT2D eigenvalue weighted by Gasteiger charge is -2.15. The SMILES string of the molecule is O=C(O)C(COc1ccc(Cl)cc1)c1ccccc1O. The number of benzene rings is 2. The maximum atomic E-state index is 11.3. The van der Waals surface area contributed by atoms with Crippen LogP contribution in [-0.2, 0) is 4.79 Å². The van der Waals surface area contributed by atoms with Crippen LogP contribution in [0.1, 0.15) is 11.5 Å². The van der Waals surface area contributed by atoms with Crippen LogP contribution < -0.4 is 4.74 Å². The molecule has 0 spiro atoms. The van der Waals surface area contributed by atoms with Crippen molar-refractivity contribution >= 4 is 17.6 Å². The Hall–Kier alpha value is -2.20. The highest BCUT2D eigenvalue weighted by atomic mass is 35.5. The van der Waals surface area contributed by atoms with Crippen molar-refractivity contribution in [2.75, 3.05) is 6.61 Å². The second-order valence-corrected chi connectivity index (χ2v) is 4.65. The number of aromatic hydroxyl groups is 1. The van der Waals surface area contributed by atoms with Crippen LogP contribution in [-0.4, -0.2) is 22.8 Å². The molecule has 0 saturated carbocycles. The van der Waals surface area contributed by atoms with E-state index in [1.54, 1.807) is 42.5 Å². The lowest BCUT2D eigenvalue weighted by molar-refractivity contribution is -0.139. The lowest BCUT2D eigenvalue weighted by atomic mass is 9.99. The molecule has 2 rings (SSSR count). The average Bonchev–Trinajstić information content (AvgIpc) is 2.42. The largest absolute Gasteiger partial charge is 0.508 e. The molecule has 0 amide bonds. The minimum absolute atomic E-state index is 0.0559. The molecular weight excluding hydrogens is 280 g/mol. The molecule has 2 aromatic rings. The summed E-state index contributed by atoms with van der Waals surface area (Å²) in [6.45, 7) is -0.0749. The number of para-hydroxylation sites is 1. The van der Waals surface area contributed by atoms with E-state index >= 15 is 0 Å². The van der Waals surface area contributed by atoms with Crippen molar-refractivity contribution in [3.63, 3.8) is 0 Å². The summed E-state index contributed by atoms with van der Waals surface area (Å²) in [5, 5.41) is 19.6. The monoisotopic (exact) mass is 292 g/mol. The topological polar surface area (TPSA) is 66.8 Å². The number of aliphatic carboxylic acids is 1. The number of hydrogen-bond donors (Lipinski definition) is 2. The molecule has 0 heterocycles. The van der Waals surface area contributed by atoms with Gasteiger partial charge in [-0.3, -0.25) is 4.79 Å². The normalized spacial score (nSPS) is 11.8. The molecule has 1 atom stereocenters. The van der Waals surface area contributed by atoms with Gasteiger partial charge in [0.25, 0.3) is 0 Å². The number of carboxylic acids is 1. The summed E-state index contributed by atoms with van der Waals surface area (Å²) in [5.41, 5.74) is 0.328. The van der Waals surface area contributed by atoms with Crippen LogP contribution in [0.15, 0.2) is 48.5 Å². The Morgan fingerprint density at radius 3 is 2.40 bits per heavy atom. The summed E-state index contributed by atoms with van der Waals surface area (Å²) >= 11 is 5.76. The molecule has 0 aliphatic rings. The first-order chi connectivity index (χ1) is 9.58. The van der Waals surface area contributed by atoms with E-state index in [-0.39, 0.29) is 12.4 Å². The van der Waals surface area contributed by atoms with E-state index in [9.17, 15) is 15.0 Å². The van der Waals surface area contributed by atoms with Gasteiger partial charge in [0.05, 0.1) is 0 Å². The summed E-state index contributed by atoms with van der Waals surface area (Å²) in [6, 6.07) is 13.0. The number of rotatable bonds is 5.